The minimum Gasteiger partial charge on any atom is -0.380 e. The Morgan fingerprint density at radius 1 is 1.35 bits per heavy atom. The van der Waals surface area contributed by atoms with E-state index in [9.17, 15) is 0 Å². The predicted molar refractivity (Wildman–Crippen MR) is 74.1 cm³/mol. The van der Waals surface area contributed by atoms with Crippen molar-refractivity contribution in [2.75, 3.05) is 14.2 Å². The van der Waals surface area contributed by atoms with Crippen molar-refractivity contribution in [3.8, 4) is 0 Å². The normalized spacial score (nSPS) is 14.6. The highest BCUT2D eigenvalue weighted by atomic mass is 35.5. The molecule has 0 radical (unpaired) electrons. The fourth-order valence-electron chi connectivity index (χ4n) is 1.96. The minimum atomic E-state index is 0.187. The Morgan fingerprint density at radius 2 is 2.06 bits per heavy atom. The Bertz CT molecular complexity index is 353. The van der Waals surface area contributed by atoms with Crippen molar-refractivity contribution in [3.63, 3.8) is 0 Å². The fraction of sp³-hybridized carbons (Fsp3) is 0.538. The number of hydrogen-bond donors (Lipinski definition) is 1. The molecule has 0 saturated heterocycles. The van der Waals surface area contributed by atoms with Gasteiger partial charge in [-0.2, -0.15) is 0 Å². The summed E-state index contributed by atoms with van der Waals surface area (Å²) in [5.74, 6) is 0. The molecule has 4 heteroatoms. The van der Waals surface area contributed by atoms with E-state index in [1.54, 1.807) is 13.2 Å². The van der Waals surface area contributed by atoms with Gasteiger partial charge >= 0.3 is 0 Å². The van der Waals surface area contributed by atoms with Crippen LogP contribution in [0.15, 0.2) is 18.2 Å². The zero-order chi connectivity index (χ0) is 12.8. The summed E-state index contributed by atoms with van der Waals surface area (Å²) in [5.41, 5.74) is 1.09. The van der Waals surface area contributed by atoms with E-state index in [2.05, 4.69) is 12.2 Å². The molecule has 1 rings (SSSR count). The summed E-state index contributed by atoms with van der Waals surface area (Å²) in [7, 11) is 3.68. The largest absolute Gasteiger partial charge is 0.380 e. The van der Waals surface area contributed by atoms with E-state index >= 15 is 0 Å². The molecule has 17 heavy (non-hydrogen) atoms. The molecular formula is C13H19Cl2NO. The van der Waals surface area contributed by atoms with Crippen molar-refractivity contribution < 1.29 is 4.74 Å². The van der Waals surface area contributed by atoms with Gasteiger partial charge in [0.15, 0.2) is 0 Å². The van der Waals surface area contributed by atoms with E-state index < -0.39 is 0 Å². The maximum Gasteiger partial charge on any atom is 0.0724 e. The molecule has 0 spiro atoms. The summed E-state index contributed by atoms with van der Waals surface area (Å²) in [5, 5.41) is 4.65. The van der Waals surface area contributed by atoms with Crippen molar-refractivity contribution in [1.82, 2.24) is 5.32 Å². The molecule has 0 aliphatic carbocycles. The number of hydrogen-bond acceptors (Lipinski definition) is 2. The second kappa shape index (κ2) is 7.22. The van der Waals surface area contributed by atoms with E-state index in [0.29, 0.717) is 10.0 Å². The molecule has 0 saturated carbocycles. The highest BCUT2D eigenvalue weighted by Gasteiger charge is 2.19. The van der Waals surface area contributed by atoms with Gasteiger partial charge in [-0.25, -0.2) is 0 Å². The highest BCUT2D eigenvalue weighted by molar-refractivity contribution is 6.35. The average Bonchev–Trinajstić information content (AvgIpc) is 2.32. The van der Waals surface area contributed by atoms with Crippen LogP contribution in [-0.2, 0) is 11.2 Å². The summed E-state index contributed by atoms with van der Waals surface area (Å²) in [6, 6.07) is 5.86. The molecule has 1 aromatic carbocycles. The van der Waals surface area contributed by atoms with Crippen LogP contribution in [0.1, 0.15) is 18.9 Å². The molecule has 0 heterocycles. The lowest BCUT2D eigenvalue weighted by Gasteiger charge is -2.25. The maximum atomic E-state index is 6.17. The van der Waals surface area contributed by atoms with Crippen molar-refractivity contribution in [1.29, 1.82) is 0 Å². The lowest BCUT2D eigenvalue weighted by atomic mass is 10.00. The highest BCUT2D eigenvalue weighted by Crippen LogP contribution is 2.23. The van der Waals surface area contributed by atoms with Gasteiger partial charge < -0.3 is 10.1 Å². The molecule has 96 valence electrons. The topological polar surface area (TPSA) is 21.3 Å². The quantitative estimate of drug-likeness (QED) is 0.858. The van der Waals surface area contributed by atoms with Gasteiger partial charge in [-0.1, -0.05) is 36.2 Å². The monoisotopic (exact) mass is 275 g/mol. The van der Waals surface area contributed by atoms with Crippen molar-refractivity contribution in [2.45, 2.75) is 31.9 Å². The van der Waals surface area contributed by atoms with Crippen LogP contribution in [0.3, 0.4) is 0 Å². The summed E-state index contributed by atoms with van der Waals surface area (Å²) < 4.78 is 5.46. The van der Waals surface area contributed by atoms with Gasteiger partial charge in [-0.3, -0.25) is 0 Å². The van der Waals surface area contributed by atoms with E-state index in [0.717, 1.165) is 18.4 Å². The van der Waals surface area contributed by atoms with Crippen molar-refractivity contribution in [3.05, 3.63) is 33.8 Å². The molecule has 0 aromatic heterocycles. The fourth-order valence-corrected chi connectivity index (χ4v) is 2.44. The number of ether oxygens (including phenoxy) is 1. The van der Waals surface area contributed by atoms with Crippen LogP contribution in [0.2, 0.25) is 10.0 Å². The van der Waals surface area contributed by atoms with Crippen LogP contribution in [0.4, 0.5) is 0 Å². The smallest absolute Gasteiger partial charge is 0.0724 e. The second-order valence-corrected chi connectivity index (χ2v) is 4.86. The first-order chi connectivity index (χ1) is 8.12. The molecule has 2 nitrogen and oxygen atoms in total. The number of likely N-dealkylation sites (N-methyl/N-ethyl adjacent to an activating group) is 1. The molecule has 0 fully saturated rings. The average molecular weight is 276 g/mol. The molecule has 0 aliphatic heterocycles. The second-order valence-electron chi connectivity index (χ2n) is 4.02. The first-order valence-electron chi connectivity index (χ1n) is 5.76. The number of nitrogens with one attached hydrogen (secondary N) is 1. The molecular weight excluding hydrogens is 257 g/mol. The van der Waals surface area contributed by atoms with Crippen LogP contribution in [-0.4, -0.2) is 26.3 Å². The Labute approximate surface area is 113 Å². The van der Waals surface area contributed by atoms with Gasteiger partial charge in [0, 0.05) is 23.2 Å². The van der Waals surface area contributed by atoms with Crippen LogP contribution < -0.4 is 5.32 Å². The van der Waals surface area contributed by atoms with Crippen LogP contribution >= 0.6 is 23.2 Å². The van der Waals surface area contributed by atoms with E-state index in [-0.39, 0.29) is 12.1 Å². The standard InChI is InChI=1S/C13H19Cl2NO/c1-4-13(17-3)12(16-2)7-9-5-6-10(14)8-11(9)15/h5-6,8,12-13,16H,4,7H2,1-3H3. The molecule has 0 aliphatic rings. The summed E-state index contributed by atoms with van der Waals surface area (Å²) >= 11 is 12.0. The third-order valence-electron chi connectivity index (χ3n) is 2.98. The SMILES string of the molecule is CCC(OC)C(Cc1ccc(Cl)cc1Cl)NC. The van der Waals surface area contributed by atoms with Crippen LogP contribution in [0, 0.1) is 0 Å². The van der Waals surface area contributed by atoms with Gasteiger partial charge in [-0.05, 0) is 37.6 Å². The van der Waals surface area contributed by atoms with E-state index in [4.69, 9.17) is 27.9 Å². The van der Waals surface area contributed by atoms with Crippen molar-refractivity contribution >= 4 is 23.2 Å². The predicted octanol–water partition coefficient (Wildman–Crippen LogP) is 3.55. The third-order valence-corrected chi connectivity index (χ3v) is 3.57. The number of methoxy groups -OCH3 is 1. The molecule has 2 atom stereocenters. The lowest BCUT2D eigenvalue weighted by Crippen LogP contribution is -2.40. The first kappa shape index (κ1) is 14.8. The first-order valence-corrected chi connectivity index (χ1v) is 6.52. The Kier molecular flexibility index (Phi) is 6.28. The van der Waals surface area contributed by atoms with E-state index in [1.165, 1.54) is 0 Å². The van der Waals surface area contributed by atoms with Crippen LogP contribution in [0.25, 0.3) is 0 Å². The lowest BCUT2D eigenvalue weighted by molar-refractivity contribution is 0.0678. The zero-order valence-electron chi connectivity index (χ0n) is 10.5. The number of rotatable bonds is 6. The van der Waals surface area contributed by atoms with Gasteiger partial charge in [0.05, 0.1) is 6.10 Å². The third kappa shape index (κ3) is 4.14. The Hall–Kier alpha value is -0.280. The van der Waals surface area contributed by atoms with Gasteiger partial charge in [0.2, 0.25) is 0 Å². The molecule has 1 N–H and O–H groups in total. The number of halogens is 2. The van der Waals surface area contributed by atoms with Crippen molar-refractivity contribution in [2.24, 2.45) is 0 Å². The summed E-state index contributed by atoms with van der Waals surface area (Å²) in [6.07, 6.45) is 1.98. The Morgan fingerprint density at radius 3 is 2.53 bits per heavy atom. The minimum absolute atomic E-state index is 0.187. The number of benzene rings is 1. The van der Waals surface area contributed by atoms with E-state index in [1.807, 2.05) is 19.2 Å². The molecule has 2 unspecified atom stereocenters. The maximum absolute atomic E-state index is 6.17. The Balaban J connectivity index is 2.80. The molecule has 1 aromatic rings. The van der Waals surface area contributed by atoms with Crippen LogP contribution in [0.5, 0.6) is 0 Å². The molecule has 0 amide bonds. The van der Waals surface area contributed by atoms with Gasteiger partial charge in [-0.15, -0.1) is 0 Å². The summed E-state index contributed by atoms with van der Waals surface area (Å²) in [6.45, 7) is 2.11. The summed E-state index contributed by atoms with van der Waals surface area (Å²) in [4.78, 5) is 0. The molecule has 0 bridgehead atoms. The van der Waals surface area contributed by atoms with Gasteiger partial charge in [0.25, 0.3) is 0 Å². The van der Waals surface area contributed by atoms with Gasteiger partial charge in [0.1, 0.15) is 0 Å². The zero-order valence-corrected chi connectivity index (χ0v) is 12.0.